The summed E-state index contributed by atoms with van der Waals surface area (Å²) in [5.74, 6) is -0.873. The van der Waals surface area contributed by atoms with Crippen LogP contribution in [0.4, 0.5) is 13.2 Å². The molecule has 156 valence electrons. The highest BCUT2D eigenvalue weighted by Crippen LogP contribution is 2.30. The van der Waals surface area contributed by atoms with E-state index in [4.69, 9.17) is 0 Å². The monoisotopic (exact) mass is 409 g/mol. The van der Waals surface area contributed by atoms with Crippen molar-refractivity contribution >= 4 is 17.7 Å². The first kappa shape index (κ1) is 20.9. The molecule has 2 heterocycles. The van der Waals surface area contributed by atoms with Gasteiger partial charge in [0.05, 0.1) is 12.1 Å². The number of hydrogen-bond acceptors (Lipinski definition) is 3. The molecule has 2 unspecified atom stereocenters. The van der Waals surface area contributed by atoms with Gasteiger partial charge in [0.25, 0.3) is 5.91 Å². The third-order valence-corrected chi connectivity index (χ3v) is 5.33. The van der Waals surface area contributed by atoms with E-state index in [0.29, 0.717) is 13.0 Å². The fourth-order valence-corrected chi connectivity index (χ4v) is 3.79. The molecule has 1 aromatic rings. The number of fused-ring (bicyclic) bond motifs is 1. The minimum Gasteiger partial charge on any atom is -0.337 e. The molecule has 0 saturated carbocycles. The van der Waals surface area contributed by atoms with Crippen molar-refractivity contribution in [3.05, 3.63) is 48.0 Å². The Morgan fingerprint density at radius 3 is 2.48 bits per heavy atom. The molecule has 3 amide bonds. The van der Waals surface area contributed by atoms with Crippen LogP contribution in [-0.2, 0) is 15.8 Å². The van der Waals surface area contributed by atoms with E-state index in [1.165, 1.54) is 9.80 Å². The first-order valence-electron chi connectivity index (χ1n) is 9.34. The number of rotatable bonds is 4. The Morgan fingerprint density at radius 1 is 1.24 bits per heavy atom. The van der Waals surface area contributed by atoms with Crippen LogP contribution in [0.3, 0.4) is 0 Å². The molecule has 2 aliphatic rings. The van der Waals surface area contributed by atoms with Crippen LogP contribution in [0, 0.1) is 0 Å². The summed E-state index contributed by atoms with van der Waals surface area (Å²) in [5.41, 5.74) is -0.730. The van der Waals surface area contributed by atoms with Crippen LogP contribution >= 0.6 is 0 Å². The van der Waals surface area contributed by atoms with Gasteiger partial charge in [-0.25, -0.2) is 0 Å². The number of carbonyl (C=O) groups is 3. The van der Waals surface area contributed by atoms with E-state index in [2.05, 4.69) is 6.58 Å². The molecule has 2 saturated heterocycles. The summed E-state index contributed by atoms with van der Waals surface area (Å²) in [7, 11) is 0. The minimum absolute atomic E-state index is 0.0627. The standard InChI is InChI=1S/C20H22F3N3O3/c1-3-4-10-24-12-16-25(11-9-17(27)26(16)13(2)18(24)28)19(29)14-5-7-15(8-6-14)20(21,22)23/h3,5-8,13,16H,1,4,9-12H2,2H3. The fourth-order valence-electron chi connectivity index (χ4n) is 3.79. The number of nitrogens with zero attached hydrogens (tertiary/aromatic N) is 3. The molecule has 3 rings (SSSR count). The Morgan fingerprint density at radius 2 is 1.90 bits per heavy atom. The van der Waals surface area contributed by atoms with Crippen LogP contribution in [0.1, 0.15) is 35.7 Å². The lowest BCUT2D eigenvalue weighted by Crippen LogP contribution is -2.70. The van der Waals surface area contributed by atoms with E-state index in [1.807, 2.05) is 0 Å². The Bertz CT molecular complexity index is 823. The first-order valence-corrected chi connectivity index (χ1v) is 9.34. The molecule has 2 atom stereocenters. The van der Waals surface area contributed by atoms with Gasteiger partial charge in [-0.1, -0.05) is 6.08 Å². The summed E-state index contributed by atoms with van der Waals surface area (Å²) in [4.78, 5) is 42.5. The zero-order valence-corrected chi connectivity index (χ0v) is 16.0. The first-order chi connectivity index (χ1) is 13.6. The maximum absolute atomic E-state index is 13.0. The fraction of sp³-hybridized carbons (Fsp3) is 0.450. The Hall–Kier alpha value is -2.84. The van der Waals surface area contributed by atoms with Crippen LogP contribution in [-0.4, -0.2) is 64.3 Å². The quantitative estimate of drug-likeness (QED) is 0.718. The molecule has 29 heavy (non-hydrogen) atoms. The van der Waals surface area contributed by atoms with Gasteiger partial charge >= 0.3 is 6.18 Å². The highest BCUT2D eigenvalue weighted by atomic mass is 19.4. The van der Waals surface area contributed by atoms with Gasteiger partial charge in [-0.05, 0) is 37.6 Å². The highest BCUT2D eigenvalue weighted by molar-refractivity contribution is 5.97. The number of amides is 3. The predicted molar refractivity (Wildman–Crippen MR) is 98.6 cm³/mol. The van der Waals surface area contributed by atoms with Gasteiger partial charge in [-0.2, -0.15) is 13.2 Å². The van der Waals surface area contributed by atoms with Crippen molar-refractivity contribution in [2.45, 2.75) is 38.1 Å². The summed E-state index contributed by atoms with van der Waals surface area (Å²) in [6, 6.07) is 3.29. The molecule has 0 N–H and O–H groups in total. The van der Waals surface area contributed by atoms with Gasteiger partial charge in [0.1, 0.15) is 12.2 Å². The van der Waals surface area contributed by atoms with E-state index >= 15 is 0 Å². The number of alkyl halides is 3. The molecule has 0 radical (unpaired) electrons. The van der Waals surface area contributed by atoms with Gasteiger partial charge in [-0.3, -0.25) is 14.4 Å². The smallest absolute Gasteiger partial charge is 0.337 e. The molecule has 0 aromatic heterocycles. The summed E-state index contributed by atoms with van der Waals surface area (Å²) in [6.45, 7) is 6.00. The third kappa shape index (κ3) is 3.99. The van der Waals surface area contributed by atoms with Gasteiger partial charge in [0.15, 0.2) is 0 Å². The number of halogens is 3. The SMILES string of the molecule is C=CCCN1CC2N(C(=O)c3ccc(C(F)(F)F)cc3)CCC(=O)N2C(C)C1=O. The normalized spacial score (nSPS) is 22.6. The van der Waals surface area contributed by atoms with Gasteiger partial charge in [-0.15, -0.1) is 6.58 Å². The van der Waals surface area contributed by atoms with Gasteiger partial charge < -0.3 is 14.7 Å². The van der Waals surface area contributed by atoms with Crippen molar-refractivity contribution in [2.75, 3.05) is 19.6 Å². The Balaban J connectivity index is 1.86. The largest absolute Gasteiger partial charge is 0.416 e. The maximum atomic E-state index is 13.0. The minimum atomic E-state index is -4.49. The zero-order valence-electron chi connectivity index (χ0n) is 16.0. The van der Waals surface area contributed by atoms with E-state index in [0.717, 1.165) is 24.3 Å². The highest BCUT2D eigenvalue weighted by Gasteiger charge is 2.46. The molecule has 0 bridgehead atoms. The molecule has 9 heteroatoms. The average Bonchev–Trinajstić information content (AvgIpc) is 2.68. The second-order valence-electron chi connectivity index (χ2n) is 7.14. The summed E-state index contributed by atoms with van der Waals surface area (Å²) >= 11 is 0. The lowest BCUT2D eigenvalue weighted by molar-refractivity contribution is -0.165. The molecule has 0 aliphatic carbocycles. The van der Waals surface area contributed by atoms with E-state index in [-0.39, 0.29) is 36.9 Å². The number of carbonyl (C=O) groups excluding carboxylic acids is 3. The number of benzene rings is 1. The lowest BCUT2D eigenvalue weighted by Gasteiger charge is -2.51. The molecular weight excluding hydrogens is 387 g/mol. The maximum Gasteiger partial charge on any atom is 0.416 e. The van der Waals surface area contributed by atoms with Crippen molar-refractivity contribution in [1.29, 1.82) is 0 Å². The van der Waals surface area contributed by atoms with Crippen LogP contribution < -0.4 is 0 Å². The van der Waals surface area contributed by atoms with Crippen molar-refractivity contribution in [3.63, 3.8) is 0 Å². The zero-order chi connectivity index (χ0) is 21.3. The predicted octanol–water partition coefficient (Wildman–Crippen LogP) is 2.51. The molecule has 2 fully saturated rings. The van der Waals surface area contributed by atoms with Crippen molar-refractivity contribution < 1.29 is 27.6 Å². The van der Waals surface area contributed by atoms with Crippen LogP contribution in [0.25, 0.3) is 0 Å². The van der Waals surface area contributed by atoms with E-state index in [1.54, 1.807) is 17.9 Å². The van der Waals surface area contributed by atoms with Crippen molar-refractivity contribution in [1.82, 2.24) is 14.7 Å². The third-order valence-electron chi connectivity index (χ3n) is 5.33. The average molecular weight is 409 g/mol. The second-order valence-corrected chi connectivity index (χ2v) is 7.14. The van der Waals surface area contributed by atoms with Crippen LogP contribution in [0.5, 0.6) is 0 Å². The van der Waals surface area contributed by atoms with Gasteiger partial charge in [0, 0.05) is 25.1 Å². The van der Waals surface area contributed by atoms with Crippen LogP contribution in [0.15, 0.2) is 36.9 Å². The Labute approximate surface area is 166 Å². The topological polar surface area (TPSA) is 60.9 Å². The van der Waals surface area contributed by atoms with E-state index < -0.39 is 29.9 Å². The summed E-state index contributed by atoms with van der Waals surface area (Å²) < 4.78 is 38.3. The lowest BCUT2D eigenvalue weighted by atomic mass is 10.0. The molecule has 6 nitrogen and oxygen atoms in total. The van der Waals surface area contributed by atoms with Crippen molar-refractivity contribution in [2.24, 2.45) is 0 Å². The Kier molecular flexibility index (Phi) is 5.68. The van der Waals surface area contributed by atoms with Gasteiger partial charge in [0.2, 0.25) is 11.8 Å². The molecular formula is C20H22F3N3O3. The second kappa shape index (κ2) is 7.88. The van der Waals surface area contributed by atoms with Crippen molar-refractivity contribution in [3.8, 4) is 0 Å². The van der Waals surface area contributed by atoms with E-state index in [9.17, 15) is 27.6 Å². The summed E-state index contributed by atoms with van der Waals surface area (Å²) in [6.07, 6.45) is -2.81. The molecule has 0 spiro atoms. The molecule has 2 aliphatic heterocycles. The number of hydrogen-bond donors (Lipinski definition) is 0. The van der Waals surface area contributed by atoms with Crippen LogP contribution in [0.2, 0.25) is 0 Å². The number of piperazine rings is 1. The molecule has 1 aromatic carbocycles. The summed E-state index contributed by atoms with van der Waals surface area (Å²) in [5, 5.41) is 0.